The standard InChI is InChI=1S/C14H17N3O2S/c1-7-4-3-5-9-10(7)11-12(17-8(2)14(18)19)15-6-16-13(11)20-9/h6-8H,3-5H2,1-2H3,(H,18,19)(H,15,16,17)/p-1/t7-,8-/m1/s1. The Hall–Kier alpha value is -1.69. The van der Waals surface area contributed by atoms with Crippen LogP contribution in [0.5, 0.6) is 0 Å². The molecule has 3 rings (SSSR count). The highest BCUT2D eigenvalue weighted by Crippen LogP contribution is 2.43. The van der Waals surface area contributed by atoms with Crippen LogP contribution >= 0.6 is 11.3 Å². The maximum Gasteiger partial charge on any atom is 0.138 e. The molecule has 1 aliphatic rings. The third-order valence-electron chi connectivity index (χ3n) is 3.84. The zero-order valence-electron chi connectivity index (χ0n) is 11.5. The van der Waals surface area contributed by atoms with E-state index in [2.05, 4.69) is 22.2 Å². The molecule has 6 heteroatoms. The summed E-state index contributed by atoms with van der Waals surface area (Å²) in [6, 6.07) is -0.775. The van der Waals surface area contributed by atoms with E-state index in [1.165, 1.54) is 23.2 Å². The third-order valence-corrected chi connectivity index (χ3v) is 5.02. The van der Waals surface area contributed by atoms with Gasteiger partial charge in [0.1, 0.15) is 17.0 Å². The maximum absolute atomic E-state index is 10.9. The van der Waals surface area contributed by atoms with E-state index >= 15 is 0 Å². The molecule has 0 aliphatic heterocycles. The van der Waals surface area contributed by atoms with Crippen molar-refractivity contribution in [2.24, 2.45) is 0 Å². The van der Waals surface area contributed by atoms with Crippen LogP contribution in [0.3, 0.4) is 0 Å². The summed E-state index contributed by atoms with van der Waals surface area (Å²) in [7, 11) is 0. The summed E-state index contributed by atoms with van der Waals surface area (Å²) in [5, 5.41) is 14.8. The predicted molar refractivity (Wildman–Crippen MR) is 76.9 cm³/mol. The zero-order valence-corrected chi connectivity index (χ0v) is 12.3. The van der Waals surface area contributed by atoms with Crippen molar-refractivity contribution in [3.8, 4) is 0 Å². The molecule has 20 heavy (non-hydrogen) atoms. The summed E-state index contributed by atoms with van der Waals surface area (Å²) in [5.41, 5.74) is 1.30. The van der Waals surface area contributed by atoms with E-state index in [0.29, 0.717) is 11.7 Å². The number of carboxylic acid groups (broad SMARTS) is 1. The van der Waals surface area contributed by atoms with Gasteiger partial charge in [-0.2, -0.15) is 0 Å². The van der Waals surface area contributed by atoms with E-state index in [-0.39, 0.29) is 0 Å². The second-order valence-electron chi connectivity index (χ2n) is 5.32. The summed E-state index contributed by atoms with van der Waals surface area (Å²) >= 11 is 1.70. The van der Waals surface area contributed by atoms with Gasteiger partial charge in [0.25, 0.3) is 0 Å². The highest BCUT2D eigenvalue weighted by Gasteiger charge is 2.25. The number of thiophene rings is 1. The van der Waals surface area contributed by atoms with Crippen molar-refractivity contribution in [3.05, 3.63) is 16.8 Å². The summed E-state index contributed by atoms with van der Waals surface area (Å²) < 4.78 is 0. The first-order chi connectivity index (χ1) is 9.58. The lowest BCUT2D eigenvalue weighted by Gasteiger charge is -2.20. The van der Waals surface area contributed by atoms with Gasteiger partial charge in [-0.05, 0) is 37.7 Å². The van der Waals surface area contributed by atoms with Gasteiger partial charge in [0.05, 0.1) is 17.4 Å². The van der Waals surface area contributed by atoms with Crippen LogP contribution < -0.4 is 10.4 Å². The Morgan fingerprint density at radius 1 is 1.55 bits per heavy atom. The molecule has 0 spiro atoms. The third kappa shape index (κ3) is 2.14. The second kappa shape index (κ2) is 5.01. The molecule has 2 aromatic rings. The first-order valence-corrected chi connectivity index (χ1v) is 7.63. The van der Waals surface area contributed by atoms with Gasteiger partial charge in [-0.25, -0.2) is 9.97 Å². The minimum absolute atomic E-state index is 0.470. The number of hydrogen-bond donors (Lipinski definition) is 1. The van der Waals surface area contributed by atoms with Gasteiger partial charge in [0, 0.05) is 4.88 Å². The Labute approximate surface area is 121 Å². The SMILES string of the molecule is C[C@@H]1CCCc2sc3ncnc(N[C@H](C)C(=O)[O-])c3c21. The Kier molecular flexibility index (Phi) is 3.33. The molecular formula is C14H16N3O2S-. The monoisotopic (exact) mass is 290 g/mol. The minimum atomic E-state index is -1.13. The minimum Gasteiger partial charge on any atom is -0.548 e. The largest absolute Gasteiger partial charge is 0.548 e. The number of carbonyl (C=O) groups is 1. The molecule has 0 unspecified atom stereocenters. The molecule has 5 nitrogen and oxygen atoms in total. The number of hydrogen-bond acceptors (Lipinski definition) is 6. The molecule has 0 aromatic carbocycles. The first-order valence-electron chi connectivity index (χ1n) is 6.81. The molecule has 0 bridgehead atoms. The Balaban J connectivity index is 2.13. The van der Waals surface area contributed by atoms with Gasteiger partial charge in [0.2, 0.25) is 0 Å². The number of rotatable bonds is 3. The molecule has 1 N–H and O–H groups in total. The summed E-state index contributed by atoms with van der Waals surface area (Å²) in [4.78, 5) is 21.8. The summed E-state index contributed by atoms with van der Waals surface area (Å²) in [6.45, 7) is 3.77. The van der Waals surface area contributed by atoms with Crippen LogP contribution in [0.1, 0.15) is 43.0 Å². The zero-order chi connectivity index (χ0) is 14.3. The number of aryl methyl sites for hydroxylation is 1. The topological polar surface area (TPSA) is 77.9 Å². The van der Waals surface area contributed by atoms with Crippen LogP contribution in [0.15, 0.2) is 6.33 Å². The molecule has 2 atom stereocenters. The van der Waals surface area contributed by atoms with E-state index in [1.54, 1.807) is 18.3 Å². The normalized spacial score (nSPS) is 19.6. The number of anilines is 1. The second-order valence-corrected chi connectivity index (χ2v) is 6.40. The fraction of sp³-hybridized carbons (Fsp3) is 0.500. The quantitative estimate of drug-likeness (QED) is 0.930. The fourth-order valence-corrected chi connectivity index (χ4v) is 4.10. The van der Waals surface area contributed by atoms with Crippen molar-refractivity contribution in [3.63, 3.8) is 0 Å². The molecule has 2 heterocycles. The van der Waals surface area contributed by atoms with E-state index in [1.807, 2.05) is 0 Å². The maximum atomic E-state index is 10.9. The molecule has 0 fully saturated rings. The number of nitrogens with one attached hydrogen (secondary N) is 1. The van der Waals surface area contributed by atoms with Crippen LogP contribution in [0, 0.1) is 0 Å². The van der Waals surface area contributed by atoms with Crippen LogP contribution in [-0.2, 0) is 11.2 Å². The lowest BCUT2D eigenvalue weighted by molar-refractivity contribution is -0.306. The van der Waals surface area contributed by atoms with Crippen molar-refractivity contribution >= 4 is 33.3 Å². The van der Waals surface area contributed by atoms with Gasteiger partial charge in [-0.3, -0.25) is 0 Å². The van der Waals surface area contributed by atoms with Crippen molar-refractivity contribution in [1.82, 2.24) is 9.97 Å². The van der Waals surface area contributed by atoms with Gasteiger partial charge >= 0.3 is 0 Å². The average Bonchev–Trinajstić information content (AvgIpc) is 2.79. The molecule has 2 aromatic heterocycles. The predicted octanol–water partition coefficient (Wildman–Crippen LogP) is 1.68. The smallest absolute Gasteiger partial charge is 0.138 e. The first kappa shape index (κ1) is 13.3. The highest BCUT2D eigenvalue weighted by atomic mass is 32.1. The molecule has 0 saturated carbocycles. The lowest BCUT2D eigenvalue weighted by atomic mass is 9.87. The van der Waals surface area contributed by atoms with E-state index in [4.69, 9.17) is 0 Å². The van der Waals surface area contributed by atoms with E-state index < -0.39 is 12.0 Å². The number of carboxylic acids is 1. The molecule has 0 amide bonds. The number of nitrogens with zero attached hydrogens (tertiary/aromatic N) is 2. The fourth-order valence-electron chi connectivity index (χ4n) is 2.79. The summed E-state index contributed by atoms with van der Waals surface area (Å²) in [5.74, 6) is -0.0517. The molecule has 106 valence electrons. The number of aromatic nitrogens is 2. The number of fused-ring (bicyclic) bond motifs is 3. The van der Waals surface area contributed by atoms with Crippen LogP contribution in [0.4, 0.5) is 5.82 Å². The Morgan fingerprint density at radius 3 is 3.10 bits per heavy atom. The number of carbonyl (C=O) groups excluding carboxylic acids is 1. The highest BCUT2D eigenvalue weighted by molar-refractivity contribution is 7.19. The number of aliphatic carboxylic acids is 1. The van der Waals surface area contributed by atoms with E-state index in [0.717, 1.165) is 23.1 Å². The Bertz CT molecular complexity index is 668. The van der Waals surface area contributed by atoms with Crippen LogP contribution in [0.25, 0.3) is 10.2 Å². The van der Waals surface area contributed by atoms with Gasteiger partial charge < -0.3 is 15.2 Å². The molecular weight excluding hydrogens is 274 g/mol. The van der Waals surface area contributed by atoms with Gasteiger partial charge in [0.15, 0.2) is 0 Å². The Morgan fingerprint density at radius 2 is 2.35 bits per heavy atom. The van der Waals surface area contributed by atoms with Crippen molar-refractivity contribution in [1.29, 1.82) is 0 Å². The van der Waals surface area contributed by atoms with Gasteiger partial charge in [-0.1, -0.05) is 6.92 Å². The molecule has 1 aliphatic carbocycles. The van der Waals surface area contributed by atoms with E-state index in [9.17, 15) is 9.90 Å². The lowest BCUT2D eigenvalue weighted by Crippen LogP contribution is -2.38. The van der Waals surface area contributed by atoms with Crippen LogP contribution in [0.2, 0.25) is 0 Å². The van der Waals surface area contributed by atoms with Crippen molar-refractivity contribution in [2.75, 3.05) is 5.32 Å². The van der Waals surface area contributed by atoms with Crippen LogP contribution in [-0.4, -0.2) is 22.0 Å². The molecule has 0 radical (unpaired) electrons. The van der Waals surface area contributed by atoms with Crippen molar-refractivity contribution < 1.29 is 9.90 Å². The molecule has 0 saturated heterocycles. The average molecular weight is 290 g/mol. The van der Waals surface area contributed by atoms with Gasteiger partial charge in [-0.15, -0.1) is 11.3 Å². The summed E-state index contributed by atoms with van der Waals surface area (Å²) in [6.07, 6.45) is 4.92. The van der Waals surface area contributed by atoms with Crippen molar-refractivity contribution in [2.45, 2.75) is 45.1 Å².